The number of rotatable bonds is 5. The first kappa shape index (κ1) is 22.3. The topological polar surface area (TPSA) is 97.9 Å². The van der Waals surface area contributed by atoms with Crippen molar-refractivity contribution >= 4 is 18.4 Å². The van der Waals surface area contributed by atoms with E-state index in [-0.39, 0.29) is 37.0 Å². The molecule has 1 aromatic heterocycles. The molecule has 0 radical (unpaired) electrons. The molecule has 0 bridgehead atoms. The number of hydrogen-bond acceptors (Lipinski definition) is 6. The SMILES string of the molecule is COc1cc2c(cc1OCC(=O)O)CCN1C[C@H](c3cc(C)ccn3)[C@@H](N)C[C@@H]21.Cl. The molecule has 1 aromatic carbocycles. The van der Waals surface area contributed by atoms with Gasteiger partial charge in [-0.3, -0.25) is 9.88 Å². The number of pyridine rings is 1. The maximum Gasteiger partial charge on any atom is 0.341 e. The fourth-order valence-electron chi connectivity index (χ4n) is 4.55. The van der Waals surface area contributed by atoms with Gasteiger partial charge in [-0.1, -0.05) is 0 Å². The summed E-state index contributed by atoms with van der Waals surface area (Å²) in [5.74, 6) is 0.240. The van der Waals surface area contributed by atoms with Crippen LogP contribution in [0.2, 0.25) is 0 Å². The van der Waals surface area contributed by atoms with Crippen molar-refractivity contribution in [2.24, 2.45) is 5.73 Å². The summed E-state index contributed by atoms with van der Waals surface area (Å²) in [6, 6.07) is 8.30. The molecule has 0 unspecified atom stereocenters. The van der Waals surface area contributed by atoms with E-state index in [0.29, 0.717) is 11.5 Å². The second kappa shape index (κ2) is 9.20. The number of carbonyl (C=O) groups is 1. The van der Waals surface area contributed by atoms with Crippen molar-refractivity contribution in [1.29, 1.82) is 0 Å². The van der Waals surface area contributed by atoms with Crippen LogP contribution in [0.5, 0.6) is 11.5 Å². The summed E-state index contributed by atoms with van der Waals surface area (Å²) in [5.41, 5.74) is 11.3. The van der Waals surface area contributed by atoms with Crippen molar-refractivity contribution in [3.8, 4) is 11.5 Å². The Morgan fingerprint density at radius 3 is 2.83 bits per heavy atom. The van der Waals surface area contributed by atoms with Gasteiger partial charge in [-0.15, -0.1) is 12.4 Å². The van der Waals surface area contributed by atoms with Gasteiger partial charge in [0.1, 0.15) is 0 Å². The molecule has 4 rings (SSSR count). The Hall–Kier alpha value is -2.35. The second-order valence-corrected chi connectivity index (χ2v) is 7.91. The number of aliphatic carboxylic acids is 1. The minimum Gasteiger partial charge on any atom is -0.493 e. The Bertz CT molecular complexity index is 923. The van der Waals surface area contributed by atoms with E-state index in [9.17, 15) is 4.79 Å². The Balaban J connectivity index is 0.00000256. The molecule has 1 saturated heterocycles. The maximum atomic E-state index is 10.9. The van der Waals surface area contributed by atoms with E-state index in [1.165, 1.54) is 16.7 Å². The van der Waals surface area contributed by atoms with Gasteiger partial charge in [-0.05, 0) is 60.7 Å². The van der Waals surface area contributed by atoms with Crippen LogP contribution in [0.25, 0.3) is 0 Å². The molecule has 0 aliphatic carbocycles. The first-order valence-electron chi connectivity index (χ1n) is 9.94. The molecule has 3 N–H and O–H groups in total. The number of piperidine rings is 1. The predicted octanol–water partition coefficient (Wildman–Crippen LogP) is 2.70. The molecule has 8 heteroatoms. The molecule has 3 atom stereocenters. The molecule has 3 heterocycles. The highest BCUT2D eigenvalue weighted by Gasteiger charge is 2.39. The van der Waals surface area contributed by atoms with Crippen molar-refractivity contribution in [3.63, 3.8) is 0 Å². The van der Waals surface area contributed by atoms with Gasteiger partial charge in [0, 0.05) is 43.0 Å². The normalized spacial score (nSPS) is 23.0. The molecule has 162 valence electrons. The van der Waals surface area contributed by atoms with Gasteiger partial charge >= 0.3 is 5.97 Å². The Morgan fingerprint density at radius 1 is 1.33 bits per heavy atom. The molecule has 2 aliphatic heterocycles. The molecule has 0 spiro atoms. The van der Waals surface area contributed by atoms with Crippen molar-refractivity contribution in [2.45, 2.75) is 37.8 Å². The van der Waals surface area contributed by atoms with Crippen LogP contribution in [0.4, 0.5) is 0 Å². The third kappa shape index (κ3) is 4.38. The van der Waals surface area contributed by atoms with Crippen LogP contribution in [-0.4, -0.2) is 53.8 Å². The van der Waals surface area contributed by atoms with E-state index >= 15 is 0 Å². The standard InChI is InChI=1S/C22H27N3O4.ClH/c1-13-3-5-24-18(7-13)16-11-25-6-4-14-8-21(29-12-22(26)27)20(28-2)9-15(14)19(25)10-17(16)23;/h3,5,7-9,16-17,19H,4,6,10-12,23H2,1-2H3,(H,26,27);1H/t16-,17-,19-;/m0./s1. The number of aryl methyl sites for hydroxylation is 1. The number of hydrogen-bond donors (Lipinski definition) is 2. The number of halogens is 1. The number of ether oxygens (including phenoxy) is 2. The lowest BCUT2D eigenvalue weighted by Gasteiger charge is -2.46. The third-order valence-electron chi connectivity index (χ3n) is 6.00. The van der Waals surface area contributed by atoms with Gasteiger partial charge in [0.25, 0.3) is 0 Å². The number of carboxylic acids is 1. The number of aromatic nitrogens is 1. The Kier molecular flexibility index (Phi) is 6.85. The summed E-state index contributed by atoms with van der Waals surface area (Å²) < 4.78 is 10.9. The van der Waals surface area contributed by atoms with Crippen LogP contribution in [0.3, 0.4) is 0 Å². The number of nitrogens with zero attached hydrogens (tertiary/aromatic N) is 2. The lowest BCUT2D eigenvalue weighted by molar-refractivity contribution is -0.139. The van der Waals surface area contributed by atoms with Gasteiger partial charge in [0.15, 0.2) is 18.1 Å². The average Bonchev–Trinajstić information content (AvgIpc) is 2.71. The quantitative estimate of drug-likeness (QED) is 0.747. The third-order valence-corrected chi connectivity index (χ3v) is 6.00. The highest BCUT2D eigenvalue weighted by molar-refractivity contribution is 5.85. The summed E-state index contributed by atoms with van der Waals surface area (Å²) in [5, 5.41) is 8.90. The van der Waals surface area contributed by atoms with E-state index in [1.54, 1.807) is 7.11 Å². The molecule has 1 fully saturated rings. The van der Waals surface area contributed by atoms with Gasteiger partial charge in [-0.25, -0.2) is 4.79 Å². The first-order chi connectivity index (χ1) is 14.0. The first-order valence-corrected chi connectivity index (χ1v) is 9.94. The lowest BCUT2D eigenvalue weighted by atomic mass is 9.79. The zero-order chi connectivity index (χ0) is 20.5. The van der Waals surface area contributed by atoms with Crippen molar-refractivity contribution in [2.75, 3.05) is 26.8 Å². The Labute approximate surface area is 182 Å². The van der Waals surface area contributed by atoms with E-state index < -0.39 is 5.97 Å². The lowest BCUT2D eigenvalue weighted by Crippen LogP contribution is -2.50. The number of benzene rings is 1. The molecule has 2 aromatic rings. The number of carboxylic acid groups (broad SMARTS) is 1. The van der Waals surface area contributed by atoms with Crippen LogP contribution in [0, 0.1) is 6.92 Å². The number of methoxy groups -OCH3 is 1. The summed E-state index contributed by atoms with van der Waals surface area (Å²) in [4.78, 5) is 17.9. The summed E-state index contributed by atoms with van der Waals surface area (Å²) in [6.45, 7) is 3.50. The van der Waals surface area contributed by atoms with Crippen LogP contribution in [-0.2, 0) is 11.2 Å². The van der Waals surface area contributed by atoms with Crippen molar-refractivity contribution in [1.82, 2.24) is 9.88 Å². The van der Waals surface area contributed by atoms with Crippen molar-refractivity contribution < 1.29 is 19.4 Å². The van der Waals surface area contributed by atoms with Crippen LogP contribution in [0.1, 0.15) is 40.8 Å². The summed E-state index contributed by atoms with van der Waals surface area (Å²) in [6.07, 6.45) is 3.58. The van der Waals surface area contributed by atoms with E-state index in [4.69, 9.17) is 20.3 Å². The molecule has 2 aliphatic rings. The second-order valence-electron chi connectivity index (χ2n) is 7.91. The average molecular weight is 434 g/mol. The van der Waals surface area contributed by atoms with Crippen LogP contribution < -0.4 is 15.2 Å². The minimum absolute atomic E-state index is 0. The van der Waals surface area contributed by atoms with E-state index in [1.807, 2.05) is 24.4 Å². The number of fused-ring (bicyclic) bond motifs is 3. The fraction of sp³-hybridized carbons (Fsp3) is 0.455. The summed E-state index contributed by atoms with van der Waals surface area (Å²) in [7, 11) is 1.57. The molecule has 30 heavy (non-hydrogen) atoms. The zero-order valence-electron chi connectivity index (χ0n) is 17.2. The minimum atomic E-state index is -1.01. The predicted molar refractivity (Wildman–Crippen MR) is 116 cm³/mol. The maximum absolute atomic E-state index is 10.9. The monoisotopic (exact) mass is 433 g/mol. The molecule has 0 saturated carbocycles. The molecular weight excluding hydrogens is 406 g/mol. The van der Waals surface area contributed by atoms with Gasteiger partial charge < -0.3 is 20.3 Å². The van der Waals surface area contributed by atoms with Gasteiger partial charge in [-0.2, -0.15) is 0 Å². The molecule has 0 amide bonds. The van der Waals surface area contributed by atoms with Crippen LogP contribution >= 0.6 is 12.4 Å². The van der Waals surface area contributed by atoms with E-state index in [0.717, 1.165) is 31.6 Å². The summed E-state index contributed by atoms with van der Waals surface area (Å²) >= 11 is 0. The van der Waals surface area contributed by atoms with Gasteiger partial charge in [0.05, 0.1) is 7.11 Å². The van der Waals surface area contributed by atoms with Gasteiger partial charge in [0.2, 0.25) is 0 Å². The molecule has 7 nitrogen and oxygen atoms in total. The zero-order valence-corrected chi connectivity index (χ0v) is 18.0. The van der Waals surface area contributed by atoms with E-state index in [2.05, 4.69) is 22.9 Å². The van der Waals surface area contributed by atoms with Crippen LogP contribution in [0.15, 0.2) is 30.5 Å². The fourth-order valence-corrected chi connectivity index (χ4v) is 4.55. The Morgan fingerprint density at radius 2 is 2.13 bits per heavy atom. The smallest absolute Gasteiger partial charge is 0.341 e. The largest absolute Gasteiger partial charge is 0.493 e. The molecular formula is C22H28ClN3O4. The highest BCUT2D eigenvalue weighted by atomic mass is 35.5. The number of nitrogens with two attached hydrogens (primary N) is 1. The highest BCUT2D eigenvalue weighted by Crippen LogP contribution is 2.44. The van der Waals surface area contributed by atoms with Crippen molar-refractivity contribution in [3.05, 3.63) is 52.8 Å².